The summed E-state index contributed by atoms with van der Waals surface area (Å²) in [6.07, 6.45) is 5.52. The van der Waals surface area contributed by atoms with E-state index in [0.717, 1.165) is 29.5 Å². The summed E-state index contributed by atoms with van der Waals surface area (Å²) in [7, 11) is 2.03. The van der Waals surface area contributed by atoms with E-state index in [1.54, 1.807) is 6.20 Å². The molecule has 3 aromatic rings. The number of aromatic nitrogens is 2. The van der Waals surface area contributed by atoms with Gasteiger partial charge in [-0.05, 0) is 18.2 Å². The predicted octanol–water partition coefficient (Wildman–Crippen LogP) is 3.71. The zero-order valence-electron chi connectivity index (χ0n) is 14.0. The summed E-state index contributed by atoms with van der Waals surface area (Å²) in [4.78, 5) is 18.2. The molecular weight excluding hydrogens is 336 g/mol. The van der Waals surface area contributed by atoms with Crippen LogP contribution in [-0.2, 0) is 7.05 Å². The Hall–Kier alpha value is -2.54. The summed E-state index contributed by atoms with van der Waals surface area (Å²) >= 11 is 1.42. The monoisotopic (exact) mass is 356 g/mol. The number of ether oxygens (including phenoxy) is 1. The van der Waals surface area contributed by atoms with E-state index in [4.69, 9.17) is 4.74 Å². The Morgan fingerprint density at radius 2 is 2.16 bits per heavy atom. The number of rotatable bonds is 3. The summed E-state index contributed by atoms with van der Waals surface area (Å²) in [5.41, 5.74) is 1.16. The van der Waals surface area contributed by atoms with Gasteiger partial charge in [0, 0.05) is 56.1 Å². The Balaban J connectivity index is 1.36. The second kappa shape index (κ2) is 6.76. The normalized spacial score (nSPS) is 15.5. The standard InChI is InChI=1S/C18H20N4O2S/c1-21-9-7-14-15(21)3-2-4-16(14)24-13-5-10-22(11-6-13)18(23)20-17-19-8-12-25-17/h2-4,7-9,12-13H,5-6,10-11H2,1H3,(H,19,20,23). The second-order valence-electron chi connectivity index (χ2n) is 6.19. The van der Waals surface area contributed by atoms with Gasteiger partial charge < -0.3 is 14.2 Å². The first-order valence-corrected chi connectivity index (χ1v) is 9.25. The molecular formula is C18H20N4O2S. The Morgan fingerprint density at radius 3 is 2.92 bits per heavy atom. The number of anilines is 1. The number of fused-ring (bicyclic) bond motifs is 1. The lowest BCUT2D eigenvalue weighted by molar-refractivity contribution is 0.117. The molecule has 4 rings (SSSR count). The number of hydrogen-bond acceptors (Lipinski definition) is 4. The minimum absolute atomic E-state index is 0.0847. The molecule has 1 fully saturated rings. The van der Waals surface area contributed by atoms with E-state index in [0.29, 0.717) is 18.2 Å². The number of carbonyl (C=O) groups excluding carboxylic acids is 1. The lowest BCUT2D eigenvalue weighted by Gasteiger charge is -2.32. The van der Waals surface area contributed by atoms with Gasteiger partial charge >= 0.3 is 6.03 Å². The molecule has 0 unspecified atom stereocenters. The molecule has 0 atom stereocenters. The van der Waals surface area contributed by atoms with Crippen LogP contribution in [0.5, 0.6) is 5.75 Å². The van der Waals surface area contributed by atoms with Crippen molar-refractivity contribution in [2.75, 3.05) is 18.4 Å². The molecule has 130 valence electrons. The first-order valence-electron chi connectivity index (χ1n) is 8.37. The fourth-order valence-electron chi connectivity index (χ4n) is 3.19. The molecule has 1 aliphatic heterocycles. The molecule has 2 aromatic heterocycles. The topological polar surface area (TPSA) is 59.4 Å². The van der Waals surface area contributed by atoms with Crippen molar-refractivity contribution in [2.45, 2.75) is 18.9 Å². The maximum Gasteiger partial charge on any atom is 0.323 e. The number of likely N-dealkylation sites (tertiary alicyclic amines) is 1. The van der Waals surface area contributed by atoms with Gasteiger partial charge in [-0.2, -0.15) is 0 Å². The summed E-state index contributed by atoms with van der Waals surface area (Å²) < 4.78 is 8.32. The molecule has 0 saturated carbocycles. The van der Waals surface area contributed by atoms with Crippen molar-refractivity contribution in [1.29, 1.82) is 0 Å². The van der Waals surface area contributed by atoms with Crippen LogP contribution in [0.15, 0.2) is 42.0 Å². The van der Waals surface area contributed by atoms with Crippen molar-refractivity contribution in [1.82, 2.24) is 14.5 Å². The fourth-order valence-corrected chi connectivity index (χ4v) is 3.71. The highest BCUT2D eigenvalue weighted by atomic mass is 32.1. The van der Waals surface area contributed by atoms with Gasteiger partial charge in [-0.1, -0.05) is 6.07 Å². The lowest BCUT2D eigenvalue weighted by Crippen LogP contribution is -2.43. The van der Waals surface area contributed by atoms with E-state index in [2.05, 4.69) is 27.0 Å². The number of thiazole rings is 1. The third kappa shape index (κ3) is 3.32. The minimum Gasteiger partial charge on any atom is -0.490 e. The highest BCUT2D eigenvalue weighted by Crippen LogP contribution is 2.28. The predicted molar refractivity (Wildman–Crippen MR) is 99.3 cm³/mol. The molecule has 7 heteroatoms. The molecule has 25 heavy (non-hydrogen) atoms. The van der Waals surface area contributed by atoms with Gasteiger partial charge in [0.25, 0.3) is 0 Å². The van der Waals surface area contributed by atoms with E-state index < -0.39 is 0 Å². The first-order chi connectivity index (χ1) is 12.2. The van der Waals surface area contributed by atoms with Crippen molar-refractivity contribution in [2.24, 2.45) is 7.05 Å². The van der Waals surface area contributed by atoms with Gasteiger partial charge in [0.05, 0.1) is 5.52 Å². The molecule has 1 aliphatic rings. The molecule has 0 spiro atoms. The van der Waals surface area contributed by atoms with Crippen LogP contribution < -0.4 is 10.1 Å². The van der Waals surface area contributed by atoms with Gasteiger partial charge in [0.1, 0.15) is 11.9 Å². The van der Waals surface area contributed by atoms with Crippen molar-refractivity contribution < 1.29 is 9.53 Å². The summed E-state index contributed by atoms with van der Waals surface area (Å²) in [6.45, 7) is 1.37. The Morgan fingerprint density at radius 1 is 1.32 bits per heavy atom. The van der Waals surface area contributed by atoms with Gasteiger partial charge in [0.2, 0.25) is 0 Å². The Kier molecular flexibility index (Phi) is 4.31. The number of urea groups is 1. The van der Waals surface area contributed by atoms with Crippen LogP contribution in [0, 0.1) is 0 Å². The molecule has 1 saturated heterocycles. The average molecular weight is 356 g/mol. The molecule has 0 bridgehead atoms. The van der Waals surface area contributed by atoms with Crippen molar-refractivity contribution in [3.05, 3.63) is 42.0 Å². The van der Waals surface area contributed by atoms with Crippen LogP contribution in [0.25, 0.3) is 10.9 Å². The van der Waals surface area contributed by atoms with Gasteiger partial charge in [0.15, 0.2) is 5.13 Å². The van der Waals surface area contributed by atoms with E-state index in [1.807, 2.05) is 35.7 Å². The third-order valence-electron chi connectivity index (χ3n) is 4.56. The second-order valence-corrected chi connectivity index (χ2v) is 7.08. The van der Waals surface area contributed by atoms with Crippen molar-refractivity contribution >= 4 is 33.4 Å². The number of amides is 2. The van der Waals surface area contributed by atoms with Crippen LogP contribution in [0.4, 0.5) is 9.93 Å². The maximum atomic E-state index is 12.2. The highest BCUT2D eigenvalue weighted by molar-refractivity contribution is 7.13. The largest absolute Gasteiger partial charge is 0.490 e. The number of hydrogen-bond donors (Lipinski definition) is 1. The fraction of sp³-hybridized carbons (Fsp3) is 0.333. The molecule has 0 aliphatic carbocycles. The Labute approximate surface area is 150 Å². The van der Waals surface area contributed by atoms with Crippen LogP contribution in [0.3, 0.4) is 0 Å². The number of nitrogens with one attached hydrogen (secondary N) is 1. The van der Waals surface area contributed by atoms with Crippen LogP contribution >= 0.6 is 11.3 Å². The lowest BCUT2D eigenvalue weighted by atomic mass is 10.1. The molecule has 0 radical (unpaired) electrons. The molecule has 3 heterocycles. The van der Waals surface area contributed by atoms with E-state index in [1.165, 1.54) is 11.3 Å². The average Bonchev–Trinajstić information content (AvgIpc) is 3.26. The summed E-state index contributed by atoms with van der Waals surface area (Å²) in [6, 6.07) is 8.13. The molecule has 6 nitrogen and oxygen atoms in total. The zero-order valence-corrected chi connectivity index (χ0v) is 14.8. The Bertz CT molecular complexity index is 866. The van der Waals surface area contributed by atoms with E-state index in [9.17, 15) is 4.79 Å². The van der Waals surface area contributed by atoms with Gasteiger partial charge in [-0.15, -0.1) is 11.3 Å². The highest BCUT2D eigenvalue weighted by Gasteiger charge is 2.24. The smallest absolute Gasteiger partial charge is 0.323 e. The molecule has 1 N–H and O–H groups in total. The molecule has 1 aromatic carbocycles. The maximum absolute atomic E-state index is 12.2. The minimum atomic E-state index is -0.0847. The zero-order chi connectivity index (χ0) is 17.2. The van der Waals surface area contributed by atoms with Crippen LogP contribution in [-0.4, -0.2) is 39.7 Å². The van der Waals surface area contributed by atoms with Gasteiger partial charge in [-0.25, -0.2) is 9.78 Å². The van der Waals surface area contributed by atoms with Crippen LogP contribution in [0.2, 0.25) is 0 Å². The summed E-state index contributed by atoms with van der Waals surface area (Å²) in [5.74, 6) is 0.920. The number of piperidine rings is 1. The number of nitrogens with zero attached hydrogens (tertiary/aromatic N) is 3. The van der Waals surface area contributed by atoms with E-state index >= 15 is 0 Å². The third-order valence-corrected chi connectivity index (χ3v) is 5.25. The summed E-state index contributed by atoms with van der Waals surface area (Å²) in [5, 5.41) is 6.45. The number of aryl methyl sites for hydroxylation is 1. The van der Waals surface area contributed by atoms with Gasteiger partial charge in [-0.3, -0.25) is 5.32 Å². The van der Waals surface area contributed by atoms with Crippen molar-refractivity contribution in [3.8, 4) is 5.75 Å². The SMILES string of the molecule is Cn1ccc2c(OC3CCN(C(=O)Nc4nccs4)CC3)cccc21. The van der Waals surface area contributed by atoms with Crippen molar-refractivity contribution in [3.63, 3.8) is 0 Å². The molecule has 2 amide bonds. The first kappa shape index (κ1) is 16.0. The van der Waals surface area contributed by atoms with E-state index in [-0.39, 0.29) is 12.1 Å². The van der Waals surface area contributed by atoms with Crippen LogP contribution in [0.1, 0.15) is 12.8 Å². The quantitative estimate of drug-likeness (QED) is 0.778. The number of benzene rings is 1. The number of carbonyl (C=O) groups is 1.